The van der Waals surface area contributed by atoms with Gasteiger partial charge in [0.1, 0.15) is 11.4 Å². The van der Waals surface area contributed by atoms with E-state index >= 15 is 0 Å². The molecule has 0 spiro atoms. The van der Waals surface area contributed by atoms with Crippen LogP contribution in [0.25, 0.3) is 0 Å². The minimum atomic E-state index is -4.80. The van der Waals surface area contributed by atoms with Crippen LogP contribution in [0.4, 0.5) is 28.9 Å². The summed E-state index contributed by atoms with van der Waals surface area (Å²) in [6.45, 7) is 4.42. The normalized spacial score (nSPS) is 11.1. The van der Waals surface area contributed by atoms with E-state index in [1.165, 1.54) is 62.9 Å². The van der Waals surface area contributed by atoms with Gasteiger partial charge in [0.15, 0.2) is 6.29 Å². The van der Waals surface area contributed by atoms with Crippen LogP contribution in [0.1, 0.15) is 61.0 Å². The minimum Gasteiger partial charge on any atom is -0.396 e. The molecule has 0 bridgehead atoms. The summed E-state index contributed by atoms with van der Waals surface area (Å²) in [5, 5.41) is 20.4. The molecule has 0 aliphatic rings. The lowest BCUT2D eigenvalue weighted by Gasteiger charge is -2.38. The lowest BCUT2D eigenvalue weighted by molar-refractivity contribution is -0.137. The number of likely N-dealkylation sites (N-methyl/N-ethyl adjacent to an activating group) is 1. The number of hydrogen-bond donors (Lipinski definition) is 2. The molecule has 1 amide bonds. The van der Waals surface area contributed by atoms with Crippen molar-refractivity contribution in [3.63, 3.8) is 0 Å². The molecule has 218 valence electrons. The van der Waals surface area contributed by atoms with E-state index in [0.29, 0.717) is 19.0 Å². The highest BCUT2D eigenvalue weighted by atomic mass is 32.1. The third-order valence-corrected chi connectivity index (χ3v) is 6.44. The third kappa shape index (κ3) is 9.36. The highest BCUT2D eigenvalue weighted by Gasteiger charge is 2.38. The second-order valence-electron chi connectivity index (χ2n) is 9.30. The van der Waals surface area contributed by atoms with Crippen molar-refractivity contribution in [2.24, 2.45) is 0 Å². The van der Waals surface area contributed by atoms with Gasteiger partial charge in [-0.1, -0.05) is 25.1 Å². The largest absolute Gasteiger partial charge is 0.417 e. The molecular formula is C28H34F4N4O3S. The summed E-state index contributed by atoms with van der Waals surface area (Å²) in [5.41, 5.74) is -2.32. The molecule has 2 N–H and O–H groups in total. The number of aldehydes is 1. The molecule has 0 radical (unpaired) electrons. The van der Waals surface area contributed by atoms with Crippen LogP contribution in [0.3, 0.4) is 0 Å². The monoisotopic (exact) mass is 582 g/mol. The Labute approximate surface area is 237 Å². The van der Waals surface area contributed by atoms with Gasteiger partial charge < -0.3 is 15.3 Å². The van der Waals surface area contributed by atoms with Gasteiger partial charge in [-0.2, -0.15) is 18.4 Å². The third-order valence-electron chi connectivity index (χ3n) is 6.23. The Hall–Kier alpha value is -3.40. The first kappa shape index (κ1) is 34.6. The highest BCUT2D eigenvalue weighted by Crippen LogP contribution is 2.35. The average molecular weight is 583 g/mol. The average Bonchev–Trinajstić information content (AvgIpc) is 2.92. The number of anilines is 2. The Morgan fingerprint density at radius 2 is 1.73 bits per heavy atom. The number of unbranched alkanes of at least 4 members (excludes halogenated alkanes) is 3. The number of carbonyl (C=O) groups excluding carboxylic acids is 2. The number of nitrogens with zero attached hydrogens (tertiary/aromatic N) is 3. The second kappa shape index (κ2) is 16.0. The number of rotatable bonds is 12. The van der Waals surface area contributed by atoms with E-state index in [9.17, 15) is 27.2 Å². The first-order valence-corrected chi connectivity index (χ1v) is 12.9. The molecule has 7 nitrogen and oxygen atoms in total. The van der Waals surface area contributed by atoms with Crippen LogP contribution in [0, 0.1) is 17.1 Å². The van der Waals surface area contributed by atoms with Crippen molar-refractivity contribution in [3.05, 3.63) is 58.9 Å². The first-order valence-electron chi connectivity index (χ1n) is 12.4. The van der Waals surface area contributed by atoms with E-state index in [0.717, 1.165) is 41.9 Å². The Morgan fingerprint density at radius 3 is 2.23 bits per heavy atom. The maximum absolute atomic E-state index is 14.0. The van der Waals surface area contributed by atoms with Crippen LogP contribution in [0.15, 0.2) is 36.4 Å². The Morgan fingerprint density at radius 1 is 1.10 bits per heavy atom. The molecule has 2 aromatic rings. The van der Waals surface area contributed by atoms with Crippen LogP contribution < -0.4 is 15.1 Å². The number of nitriles is 1. The zero-order chi connectivity index (χ0) is 30.5. The quantitative estimate of drug-likeness (QED) is 0.148. The lowest BCUT2D eigenvalue weighted by atomic mass is 9.99. The smallest absolute Gasteiger partial charge is 0.396 e. The zero-order valence-electron chi connectivity index (χ0n) is 22.9. The number of nitrogens with one attached hydrogen (secondary N) is 1. The molecule has 0 saturated carbocycles. The van der Waals surface area contributed by atoms with Crippen molar-refractivity contribution >= 4 is 41.3 Å². The summed E-state index contributed by atoms with van der Waals surface area (Å²) in [7, 11) is 3.46. The van der Waals surface area contributed by atoms with Gasteiger partial charge in [0.05, 0.1) is 28.3 Å². The van der Waals surface area contributed by atoms with Crippen LogP contribution in [0.5, 0.6) is 0 Å². The Bertz CT molecular complexity index is 1190. The molecule has 0 unspecified atom stereocenters. The fraction of sp³-hybridized carbons (Fsp3) is 0.429. The second-order valence-corrected chi connectivity index (χ2v) is 9.51. The number of aliphatic hydroxyl groups excluding tert-OH is 1. The maximum atomic E-state index is 14.0. The maximum Gasteiger partial charge on any atom is 0.417 e. The molecule has 0 fully saturated rings. The zero-order valence-corrected chi connectivity index (χ0v) is 23.7. The van der Waals surface area contributed by atoms with Gasteiger partial charge in [0.25, 0.3) is 5.91 Å². The predicted octanol–water partition coefficient (Wildman–Crippen LogP) is 5.49. The molecule has 0 saturated heterocycles. The van der Waals surface area contributed by atoms with Crippen molar-refractivity contribution in [1.82, 2.24) is 5.32 Å². The Kier molecular flexibility index (Phi) is 13.9. The van der Waals surface area contributed by atoms with Crippen molar-refractivity contribution in [3.8, 4) is 6.07 Å². The van der Waals surface area contributed by atoms with Gasteiger partial charge in [-0.25, -0.2) is 4.39 Å². The van der Waals surface area contributed by atoms with Gasteiger partial charge in [-0.3, -0.25) is 14.5 Å². The van der Waals surface area contributed by atoms with Crippen molar-refractivity contribution in [2.45, 2.75) is 51.2 Å². The molecule has 0 aliphatic heterocycles. The van der Waals surface area contributed by atoms with Crippen molar-refractivity contribution in [2.75, 3.05) is 37.0 Å². The summed E-state index contributed by atoms with van der Waals surface area (Å²) in [6.07, 6.45) is 0.146. The standard InChI is InChI=1S/C21H17F4N3O2S.C7H17NO/c1-20(2,27(3)15-6-5-14(11-29)18(22)9-15)19(30)28(12-31)16-7-4-13(10-26)17(8-16)21(23,24)25;1-8-6-4-2-3-5-7-9/h4-9,11-12H,1-3H3;8-9H,2-7H2,1H3. The van der Waals surface area contributed by atoms with Gasteiger partial charge >= 0.3 is 6.18 Å². The fourth-order valence-electron chi connectivity index (χ4n) is 3.59. The number of hydrogen-bond acceptors (Lipinski definition) is 7. The number of thiocarbonyl (C=S) groups is 1. The van der Waals surface area contributed by atoms with Crippen LogP contribution in [0.2, 0.25) is 0 Å². The molecule has 0 aliphatic carbocycles. The minimum absolute atomic E-state index is 0.154. The van der Waals surface area contributed by atoms with E-state index in [2.05, 4.69) is 5.32 Å². The molecule has 12 heteroatoms. The van der Waals surface area contributed by atoms with Crippen LogP contribution >= 0.6 is 12.2 Å². The predicted molar refractivity (Wildman–Crippen MR) is 151 cm³/mol. The lowest BCUT2D eigenvalue weighted by Crippen LogP contribution is -2.55. The van der Waals surface area contributed by atoms with E-state index in [-0.39, 0.29) is 16.9 Å². The van der Waals surface area contributed by atoms with Gasteiger partial charge in [0, 0.05) is 25.0 Å². The SMILES string of the molecule is CN(c1ccc(C=O)c(F)c1)C(C)(C)C(=O)N(C=S)c1ccc(C#N)c(C(F)(F)F)c1.CNCCCCCCO. The summed E-state index contributed by atoms with van der Waals surface area (Å²) < 4.78 is 53.9. The summed E-state index contributed by atoms with van der Waals surface area (Å²) >= 11 is 4.87. The van der Waals surface area contributed by atoms with Gasteiger partial charge in [-0.15, -0.1) is 0 Å². The van der Waals surface area contributed by atoms with Crippen LogP contribution in [-0.4, -0.2) is 55.6 Å². The Balaban J connectivity index is 0.000000763. The number of amides is 1. The molecule has 2 aromatic carbocycles. The van der Waals surface area contributed by atoms with E-state index in [4.69, 9.17) is 22.6 Å². The van der Waals surface area contributed by atoms with E-state index < -0.39 is 34.6 Å². The van der Waals surface area contributed by atoms with Crippen LogP contribution in [-0.2, 0) is 11.0 Å². The number of aliphatic hydroxyl groups is 1. The van der Waals surface area contributed by atoms with Gasteiger partial charge in [-0.05, 0) is 76.7 Å². The first-order chi connectivity index (χ1) is 18.8. The fourth-order valence-corrected chi connectivity index (χ4v) is 3.81. The van der Waals surface area contributed by atoms with E-state index in [1.807, 2.05) is 7.05 Å². The summed E-state index contributed by atoms with van der Waals surface area (Å²) in [6, 6.07) is 8.05. The number of alkyl halides is 3. The summed E-state index contributed by atoms with van der Waals surface area (Å²) in [4.78, 5) is 26.3. The highest BCUT2D eigenvalue weighted by molar-refractivity contribution is 7.79. The number of halogens is 4. The molecule has 40 heavy (non-hydrogen) atoms. The summed E-state index contributed by atoms with van der Waals surface area (Å²) in [5.74, 6) is -1.47. The number of benzene rings is 2. The van der Waals surface area contributed by atoms with E-state index in [1.54, 1.807) is 0 Å². The molecule has 2 rings (SSSR count). The van der Waals surface area contributed by atoms with Crippen molar-refractivity contribution < 1.29 is 32.3 Å². The topological polar surface area (TPSA) is 96.7 Å². The molecular weight excluding hydrogens is 548 g/mol. The molecule has 0 atom stereocenters. The molecule has 0 heterocycles. The molecule has 0 aromatic heterocycles. The van der Waals surface area contributed by atoms with Crippen molar-refractivity contribution in [1.29, 1.82) is 5.26 Å². The van der Waals surface area contributed by atoms with Gasteiger partial charge in [0.2, 0.25) is 0 Å². The number of carbonyl (C=O) groups is 2.